The van der Waals surface area contributed by atoms with Crippen LogP contribution in [-0.4, -0.2) is 13.2 Å². The van der Waals surface area contributed by atoms with Crippen LogP contribution in [0.1, 0.15) is 11.1 Å². The molecule has 0 amide bonds. The van der Waals surface area contributed by atoms with Crippen molar-refractivity contribution in [3.05, 3.63) is 51.3 Å². The van der Waals surface area contributed by atoms with Crippen molar-refractivity contribution in [2.75, 3.05) is 13.2 Å². The van der Waals surface area contributed by atoms with Gasteiger partial charge < -0.3 is 15.2 Å². The lowest BCUT2D eigenvalue weighted by Crippen LogP contribution is -2.05. The van der Waals surface area contributed by atoms with E-state index in [9.17, 15) is 4.39 Å². The molecule has 0 bridgehead atoms. The zero-order chi connectivity index (χ0) is 15.7. The smallest absolute Gasteiger partial charge is 0.146 e. The number of fused-ring (bicyclic) bond motifs is 1. The average molecular weight is 342 g/mol. The van der Waals surface area contributed by atoms with Gasteiger partial charge in [-0.25, -0.2) is 4.39 Å². The molecule has 22 heavy (non-hydrogen) atoms. The summed E-state index contributed by atoms with van der Waals surface area (Å²) in [6.07, 6.45) is 1.22. The second-order valence-corrected chi connectivity index (χ2v) is 5.75. The first-order chi connectivity index (χ1) is 10.6. The fraction of sp³-hybridized carbons (Fsp3) is 0.250. The van der Waals surface area contributed by atoms with Crippen molar-refractivity contribution in [3.8, 4) is 17.2 Å². The number of ether oxygens (including phenoxy) is 2. The van der Waals surface area contributed by atoms with E-state index in [1.807, 2.05) is 6.07 Å². The van der Waals surface area contributed by atoms with Crippen LogP contribution in [0.3, 0.4) is 0 Å². The highest BCUT2D eigenvalue weighted by atomic mass is 35.5. The molecule has 2 aromatic carbocycles. The topological polar surface area (TPSA) is 44.5 Å². The first kappa shape index (κ1) is 15.4. The number of benzene rings is 2. The Labute approximate surface area is 137 Å². The molecule has 1 aliphatic rings. The van der Waals surface area contributed by atoms with Crippen molar-refractivity contribution in [2.24, 2.45) is 5.73 Å². The van der Waals surface area contributed by atoms with E-state index in [0.29, 0.717) is 41.7 Å². The molecule has 0 saturated heterocycles. The van der Waals surface area contributed by atoms with E-state index in [4.69, 9.17) is 38.4 Å². The molecule has 0 aromatic heterocycles. The summed E-state index contributed by atoms with van der Waals surface area (Å²) in [5, 5.41) is 0.505. The zero-order valence-corrected chi connectivity index (χ0v) is 13.2. The van der Waals surface area contributed by atoms with E-state index >= 15 is 0 Å². The van der Waals surface area contributed by atoms with E-state index in [1.165, 1.54) is 12.1 Å². The quantitative estimate of drug-likeness (QED) is 0.898. The van der Waals surface area contributed by atoms with E-state index < -0.39 is 5.82 Å². The predicted octanol–water partition coefficient (Wildman–Crippen LogP) is 4.36. The molecule has 1 aliphatic heterocycles. The monoisotopic (exact) mass is 341 g/mol. The third kappa shape index (κ3) is 2.86. The maximum atomic E-state index is 13.6. The number of hydrogen-bond acceptors (Lipinski definition) is 3. The molecule has 1 heterocycles. The van der Waals surface area contributed by atoms with Gasteiger partial charge in [-0.2, -0.15) is 0 Å². The van der Waals surface area contributed by atoms with Crippen LogP contribution in [0.2, 0.25) is 10.0 Å². The molecule has 0 fully saturated rings. The second kappa shape index (κ2) is 6.32. The average Bonchev–Trinajstić information content (AvgIpc) is 2.96. The van der Waals surface area contributed by atoms with E-state index in [-0.39, 0.29) is 5.02 Å². The third-order valence-corrected chi connectivity index (χ3v) is 4.22. The maximum absolute atomic E-state index is 13.6. The van der Waals surface area contributed by atoms with Crippen LogP contribution in [0, 0.1) is 5.82 Å². The van der Waals surface area contributed by atoms with Gasteiger partial charge >= 0.3 is 0 Å². The van der Waals surface area contributed by atoms with Crippen molar-refractivity contribution < 1.29 is 13.9 Å². The van der Waals surface area contributed by atoms with Gasteiger partial charge in [0.15, 0.2) is 0 Å². The molecule has 3 nitrogen and oxygen atoms in total. The van der Waals surface area contributed by atoms with Crippen molar-refractivity contribution in [2.45, 2.75) is 12.8 Å². The fourth-order valence-electron chi connectivity index (χ4n) is 2.43. The molecule has 0 aliphatic carbocycles. The summed E-state index contributed by atoms with van der Waals surface area (Å²) < 4.78 is 24.9. The van der Waals surface area contributed by atoms with Gasteiger partial charge in [0.1, 0.15) is 23.1 Å². The van der Waals surface area contributed by atoms with Gasteiger partial charge in [-0.15, -0.1) is 0 Å². The largest absolute Gasteiger partial charge is 0.493 e. The van der Waals surface area contributed by atoms with Crippen LogP contribution in [0.5, 0.6) is 17.2 Å². The van der Waals surface area contributed by atoms with E-state index in [2.05, 4.69) is 0 Å². The summed E-state index contributed by atoms with van der Waals surface area (Å²) in [5.74, 6) is 1.23. The standard InChI is InChI=1S/C16H14Cl2FNO2/c17-11-8-15(9(3-5-20)7-12(11)19)22-14-2-1-13-10(16(14)18)4-6-21-13/h1-2,7-8H,3-6,20H2. The van der Waals surface area contributed by atoms with Gasteiger partial charge in [-0.3, -0.25) is 0 Å². The Hall–Kier alpha value is -1.49. The summed E-state index contributed by atoms with van der Waals surface area (Å²) in [6, 6.07) is 6.34. The Balaban J connectivity index is 1.98. The number of halogens is 3. The first-order valence-corrected chi connectivity index (χ1v) is 7.65. The molecule has 0 atom stereocenters. The third-order valence-electron chi connectivity index (χ3n) is 3.51. The number of nitrogens with two attached hydrogens (primary N) is 1. The highest BCUT2D eigenvalue weighted by molar-refractivity contribution is 6.33. The molecule has 0 saturated carbocycles. The van der Waals surface area contributed by atoms with Crippen molar-refractivity contribution in [1.29, 1.82) is 0 Å². The lowest BCUT2D eigenvalue weighted by Gasteiger charge is -2.14. The normalized spacial score (nSPS) is 12.9. The van der Waals surface area contributed by atoms with E-state index in [0.717, 1.165) is 17.7 Å². The molecule has 2 aromatic rings. The molecule has 0 spiro atoms. The molecule has 2 N–H and O–H groups in total. The Morgan fingerprint density at radius 1 is 1.23 bits per heavy atom. The van der Waals surface area contributed by atoms with Gasteiger partial charge in [-0.1, -0.05) is 23.2 Å². The predicted molar refractivity (Wildman–Crippen MR) is 84.9 cm³/mol. The summed E-state index contributed by atoms with van der Waals surface area (Å²) in [4.78, 5) is 0. The highest BCUT2D eigenvalue weighted by Crippen LogP contribution is 2.41. The minimum atomic E-state index is -0.495. The first-order valence-electron chi connectivity index (χ1n) is 6.90. The van der Waals surface area contributed by atoms with Gasteiger partial charge in [0.25, 0.3) is 0 Å². The molecule has 0 unspecified atom stereocenters. The molecule has 0 radical (unpaired) electrons. The fourth-order valence-corrected chi connectivity index (χ4v) is 2.87. The lowest BCUT2D eigenvalue weighted by atomic mass is 10.1. The highest BCUT2D eigenvalue weighted by Gasteiger charge is 2.20. The molecule has 3 rings (SSSR count). The van der Waals surface area contributed by atoms with Crippen LogP contribution in [0.25, 0.3) is 0 Å². The summed E-state index contributed by atoms with van der Waals surface area (Å²) in [7, 11) is 0. The number of rotatable bonds is 4. The van der Waals surface area contributed by atoms with Gasteiger partial charge in [0.2, 0.25) is 0 Å². The molecule has 116 valence electrons. The van der Waals surface area contributed by atoms with Gasteiger partial charge in [0.05, 0.1) is 16.7 Å². The number of hydrogen-bond donors (Lipinski definition) is 1. The van der Waals surface area contributed by atoms with Crippen LogP contribution >= 0.6 is 23.2 Å². The van der Waals surface area contributed by atoms with Crippen LogP contribution < -0.4 is 15.2 Å². The summed E-state index contributed by atoms with van der Waals surface area (Å²) in [6.45, 7) is 0.989. The minimum absolute atomic E-state index is 0.00335. The van der Waals surface area contributed by atoms with Crippen molar-refractivity contribution in [3.63, 3.8) is 0 Å². The van der Waals surface area contributed by atoms with Crippen molar-refractivity contribution in [1.82, 2.24) is 0 Å². The van der Waals surface area contributed by atoms with Gasteiger partial charge in [-0.05, 0) is 36.7 Å². The summed E-state index contributed by atoms with van der Waals surface area (Å²) >= 11 is 12.2. The zero-order valence-electron chi connectivity index (χ0n) is 11.7. The SMILES string of the molecule is NCCc1cc(F)c(Cl)cc1Oc1ccc2c(c1Cl)CCO2. The Morgan fingerprint density at radius 2 is 2.05 bits per heavy atom. The maximum Gasteiger partial charge on any atom is 0.146 e. The van der Waals surface area contributed by atoms with Gasteiger partial charge in [0, 0.05) is 18.1 Å². The Bertz CT molecular complexity index is 722. The molecular formula is C16H14Cl2FNO2. The molecular weight excluding hydrogens is 328 g/mol. The lowest BCUT2D eigenvalue weighted by molar-refractivity contribution is 0.356. The van der Waals surface area contributed by atoms with E-state index in [1.54, 1.807) is 6.07 Å². The Kier molecular flexibility index (Phi) is 4.43. The summed E-state index contributed by atoms with van der Waals surface area (Å²) in [5.41, 5.74) is 7.14. The van der Waals surface area contributed by atoms with Crippen LogP contribution in [0.15, 0.2) is 24.3 Å². The molecule has 6 heteroatoms. The minimum Gasteiger partial charge on any atom is -0.493 e. The van der Waals surface area contributed by atoms with Crippen molar-refractivity contribution >= 4 is 23.2 Å². The van der Waals surface area contributed by atoms with Crippen LogP contribution in [-0.2, 0) is 12.8 Å². The Morgan fingerprint density at radius 3 is 2.82 bits per heavy atom. The van der Waals surface area contributed by atoms with Crippen LogP contribution in [0.4, 0.5) is 4.39 Å². The second-order valence-electron chi connectivity index (χ2n) is 4.97.